The molecule has 0 spiro atoms. The summed E-state index contributed by atoms with van der Waals surface area (Å²) in [5, 5.41) is 20.1. The molecule has 1 saturated heterocycles. The highest BCUT2D eigenvalue weighted by Gasteiger charge is 2.29. The van der Waals surface area contributed by atoms with E-state index >= 15 is 0 Å². The zero-order chi connectivity index (χ0) is 13.8. The minimum absolute atomic E-state index is 0.0339. The first-order valence-corrected chi connectivity index (χ1v) is 5.90. The van der Waals surface area contributed by atoms with E-state index in [2.05, 4.69) is 5.32 Å². The molecule has 1 heterocycles. The van der Waals surface area contributed by atoms with Crippen molar-refractivity contribution in [2.24, 2.45) is 0 Å². The van der Waals surface area contributed by atoms with Gasteiger partial charge in [-0.3, -0.25) is 9.69 Å². The van der Waals surface area contributed by atoms with Crippen molar-refractivity contribution in [2.75, 3.05) is 11.4 Å². The first-order chi connectivity index (χ1) is 9.10. The van der Waals surface area contributed by atoms with Crippen molar-refractivity contribution in [3.63, 3.8) is 0 Å². The van der Waals surface area contributed by atoms with Crippen LogP contribution in [-0.2, 0) is 4.79 Å². The summed E-state index contributed by atoms with van der Waals surface area (Å²) < 4.78 is 0. The Labute approximate surface area is 110 Å². The van der Waals surface area contributed by atoms with E-state index in [1.807, 2.05) is 6.07 Å². The molecule has 2 N–H and O–H groups in total. The molecule has 0 saturated carbocycles. The van der Waals surface area contributed by atoms with Crippen molar-refractivity contribution in [1.82, 2.24) is 5.32 Å². The largest absolute Gasteiger partial charge is 0.481 e. The minimum Gasteiger partial charge on any atom is -0.481 e. The highest BCUT2D eigenvalue weighted by Crippen LogP contribution is 2.20. The van der Waals surface area contributed by atoms with Crippen LogP contribution in [0.1, 0.15) is 18.4 Å². The molecule has 1 aromatic rings. The van der Waals surface area contributed by atoms with Gasteiger partial charge in [0.2, 0.25) is 0 Å². The third-order valence-electron chi connectivity index (χ3n) is 2.99. The van der Waals surface area contributed by atoms with Gasteiger partial charge in [0.15, 0.2) is 0 Å². The molecule has 6 nitrogen and oxygen atoms in total. The normalized spacial score (nSPS) is 17.9. The number of carbonyl (C=O) groups is 2. The molecule has 0 radical (unpaired) electrons. The van der Waals surface area contributed by atoms with E-state index in [0.717, 1.165) is 0 Å². The van der Waals surface area contributed by atoms with Crippen molar-refractivity contribution in [2.45, 2.75) is 18.9 Å². The summed E-state index contributed by atoms with van der Waals surface area (Å²) in [6.45, 7) is 0.442. The van der Waals surface area contributed by atoms with Crippen molar-refractivity contribution in [3.05, 3.63) is 29.8 Å². The summed E-state index contributed by atoms with van der Waals surface area (Å²) in [5.74, 6) is -0.869. The highest BCUT2D eigenvalue weighted by atomic mass is 16.4. The molecule has 0 aliphatic carbocycles. The fourth-order valence-electron chi connectivity index (χ4n) is 2.00. The Morgan fingerprint density at radius 2 is 2.16 bits per heavy atom. The number of hydrogen-bond acceptors (Lipinski definition) is 3. The number of benzene rings is 1. The van der Waals surface area contributed by atoms with Crippen LogP contribution in [0.5, 0.6) is 0 Å². The fraction of sp³-hybridized carbons (Fsp3) is 0.308. The van der Waals surface area contributed by atoms with E-state index in [-0.39, 0.29) is 18.5 Å². The van der Waals surface area contributed by atoms with E-state index in [0.29, 0.717) is 24.2 Å². The number of nitriles is 1. The Balaban J connectivity index is 2.03. The summed E-state index contributed by atoms with van der Waals surface area (Å²) >= 11 is 0. The summed E-state index contributed by atoms with van der Waals surface area (Å²) in [6, 6.07) is 8.33. The second-order valence-electron chi connectivity index (χ2n) is 4.35. The smallest absolute Gasteiger partial charge is 0.322 e. The topological polar surface area (TPSA) is 93.4 Å². The minimum atomic E-state index is -0.869. The van der Waals surface area contributed by atoms with E-state index in [1.54, 1.807) is 29.2 Å². The number of anilines is 1. The zero-order valence-electron chi connectivity index (χ0n) is 10.2. The van der Waals surface area contributed by atoms with Crippen LogP contribution in [0.15, 0.2) is 24.3 Å². The summed E-state index contributed by atoms with van der Waals surface area (Å²) in [4.78, 5) is 23.8. The van der Waals surface area contributed by atoms with Gasteiger partial charge < -0.3 is 10.4 Å². The Morgan fingerprint density at radius 3 is 2.74 bits per heavy atom. The van der Waals surface area contributed by atoms with Crippen LogP contribution in [0.25, 0.3) is 0 Å². The van der Waals surface area contributed by atoms with Crippen LogP contribution < -0.4 is 10.2 Å². The van der Waals surface area contributed by atoms with Crippen molar-refractivity contribution in [3.8, 4) is 6.07 Å². The average molecular weight is 259 g/mol. The van der Waals surface area contributed by atoms with Gasteiger partial charge in [0.25, 0.3) is 0 Å². The van der Waals surface area contributed by atoms with Gasteiger partial charge in [-0.15, -0.1) is 0 Å². The number of nitrogens with one attached hydrogen (secondary N) is 1. The summed E-state index contributed by atoms with van der Waals surface area (Å²) in [6.07, 6.45) is 0.444. The molecule has 2 amide bonds. The maximum Gasteiger partial charge on any atom is 0.322 e. The Kier molecular flexibility index (Phi) is 3.66. The third-order valence-corrected chi connectivity index (χ3v) is 2.99. The molecule has 19 heavy (non-hydrogen) atoms. The lowest BCUT2D eigenvalue weighted by atomic mass is 10.1. The quantitative estimate of drug-likeness (QED) is 0.852. The average Bonchev–Trinajstić information content (AvgIpc) is 2.78. The van der Waals surface area contributed by atoms with E-state index in [4.69, 9.17) is 10.4 Å². The standard InChI is InChI=1S/C13H13N3O3/c14-7-9-1-4-11(5-2-9)16-8-10(15-13(16)19)3-6-12(17)18/h1-2,4-5,10H,3,6,8H2,(H,15,19)(H,17,18). The molecule has 2 rings (SSSR count). The lowest BCUT2D eigenvalue weighted by Crippen LogP contribution is -2.28. The molecule has 1 aliphatic rings. The molecule has 1 atom stereocenters. The highest BCUT2D eigenvalue weighted by molar-refractivity contribution is 5.94. The number of urea groups is 1. The van der Waals surface area contributed by atoms with E-state index < -0.39 is 5.97 Å². The van der Waals surface area contributed by atoms with E-state index in [9.17, 15) is 9.59 Å². The van der Waals surface area contributed by atoms with Crippen LogP contribution in [0.3, 0.4) is 0 Å². The summed E-state index contributed by atoms with van der Waals surface area (Å²) in [7, 11) is 0. The maximum atomic E-state index is 11.8. The van der Waals surface area contributed by atoms with Crippen LogP contribution >= 0.6 is 0 Å². The molecule has 98 valence electrons. The van der Waals surface area contributed by atoms with Crippen molar-refractivity contribution in [1.29, 1.82) is 5.26 Å². The second kappa shape index (κ2) is 5.40. The molecular formula is C13H13N3O3. The number of rotatable bonds is 4. The molecule has 1 fully saturated rings. The van der Waals surface area contributed by atoms with Gasteiger partial charge in [-0.1, -0.05) is 0 Å². The molecular weight excluding hydrogens is 246 g/mol. The monoisotopic (exact) mass is 259 g/mol. The number of carboxylic acids is 1. The first kappa shape index (κ1) is 12.9. The zero-order valence-corrected chi connectivity index (χ0v) is 10.2. The predicted molar refractivity (Wildman–Crippen MR) is 67.7 cm³/mol. The first-order valence-electron chi connectivity index (χ1n) is 5.90. The van der Waals surface area contributed by atoms with Crippen molar-refractivity contribution < 1.29 is 14.7 Å². The van der Waals surface area contributed by atoms with Crippen LogP contribution in [0.4, 0.5) is 10.5 Å². The van der Waals surface area contributed by atoms with Gasteiger partial charge in [0, 0.05) is 24.7 Å². The number of nitrogens with zero attached hydrogens (tertiary/aromatic N) is 2. The molecule has 0 aromatic heterocycles. The molecule has 0 bridgehead atoms. The Morgan fingerprint density at radius 1 is 1.47 bits per heavy atom. The number of carbonyl (C=O) groups excluding carboxylic acids is 1. The number of amides is 2. The lowest BCUT2D eigenvalue weighted by molar-refractivity contribution is -0.137. The van der Waals surface area contributed by atoms with Gasteiger partial charge in [0.1, 0.15) is 0 Å². The maximum absolute atomic E-state index is 11.8. The third kappa shape index (κ3) is 3.01. The van der Waals surface area contributed by atoms with Crippen molar-refractivity contribution >= 4 is 17.7 Å². The van der Waals surface area contributed by atoms with E-state index in [1.165, 1.54) is 0 Å². The Hall–Kier alpha value is -2.55. The van der Waals surface area contributed by atoms with Crippen LogP contribution in [0.2, 0.25) is 0 Å². The SMILES string of the molecule is N#Cc1ccc(N2CC(CCC(=O)O)NC2=O)cc1. The Bertz CT molecular complexity index is 533. The van der Waals surface area contributed by atoms with Gasteiger partial charge in [0.05, 0.1) is 11.6 Å². The number of carboxylic acid groups (broad SMARTS) is 1. The second-order valence-corrected chi connectivity index (χ2v) is 4.35. The summed E-state index contributed by atoms with van der Waals surface area (Å²) in [5.41, 5.74) is 1.24. The van der Waals surface area contributed by atoms with Crippen LogP contribution in [-0.4, -0.2) is 29.7 Å². The van der Waals surface area contributed by atoms with Gasteiger partial charge >= 0.3 is 12.0 Å². The fourth-order valence-corrected chi connectivity index (χ4v) is 2.00. The number of aliphatic carboxylic acids is 1. The van der Waals surface area contributed by atoms with Crippen LogP contribution in [0, 0.1) is 11.3 Å². The molecule has 1 aromatic carbocycles. The lowest BCUT2D eigenvalue weighted by Gasteiger charge is -2.14. The van der Waals surface area contributed by atoms with Gasteiger partial charge in [-0.2, -0.15) is 5.26 Å². The molecule has 1 aliphatic heterocycles. The predicted octanol–water partition coefficient (Wildman–Crippen LogP) is 1.32. The number of hydrogen-bond donors (Lipinski definition) is 2. The van der Waals surface area contributed by atoms with Gasteiger partial charge in [-0.05, 0) is 30.7 Å². The molecule has 6 heteroatoms. The van der Waals surface area contributed by atoms with Gasteiger partial charge in [-0.25, -0.2) is 4.79 Å². The molecule has 1 unspecified atom stereocenters.